The van der Waals surface area contributed by atoms with Gasteiger partial charge in [-0.3, -0.25) is 9.59 Å². The van der Waals surface area contributed by atoms with E-state index in [9.17, 15) is 9.59 Å². The fourth-order valence-corrected chi connectivity index (χ4v) is 4.83. The van der Waals surface area contributed by atoms with Crippen LogP contribution in [0.2, 0.25) is 0 Å². The number of hydrogen-bond donors (Lipinski definition) is 2. The van der Waals surface area contributed by atoms with E-state index in [1.807, 2.05) is 59.1 Å². The maximum Gasteiger partial charge on any atom is 0.271 e. The van der Waals surface area contributed by atoms with Crippen LogP contribution in [0, 0.1) is 0 Å². The van der Waals surface area contributed by atoms with Gasteiger partial charge in [0.2, 0.25) is 5.91 Å². The van der Waals surface area contributed by atoms with E-state index in [0.29, 0.717) is 31.1 Å². The van der Waals surface area contributed by atoms with Gasteiger partial charge < -0.3 is 24.5 Å². The summed E-state index contributed by atoms with van der Waals surface area (Å²) >= 11 is 0. The van der Waals surface area contributed by atoms with Crippen LogP contribution >= 0.6 is 0 Å². The normalized spacial score (nSPS) is 14.8. The van der Waals surface area contributed by atoms with Crippen LogP contribution in [0.1, 0.15) is 35.8 Å². The molecule has 0 saturated carbocycles. The lowest BCUT2D eigenvalue weighted by Crippen LogP contribution is -2.44. The van der Waals surface area contributed by atoms with Crippen LogP contribution in [0.5, 0.6) is 5.75 Å². The number of rotatable bonds is 7. The van der Waals surface area contributed by atoms with Gasteiger partial charge >= 0.3 is 0 Å². The maximum atomic E-state index is 13.1. The van der Waals surface area contributed by atoms with E-state index in [1.165, 1.54) is 12.5 Å². The van der Waals surface area contributed by atoms with Crippen LogP contribution in [0.3, 0.4) is 0 Å². The first-order chi connectivity index (χ1) is 18.0. The molecule has 0 atom stereocenters. The molecule has 2 N–H and O–H groups in total. The van der Waals surface area contributed by atoms with Crippen molar-refractivity contribution in [2.45, 2.75) is 25.2 Å². The molecule has 0 unspecified atom stereocenters. The summed E-state index contributed by atoms with van der Waals surface area (Å²) in [5, 5.41) is 5.90. The molecule has 2 amide bonds. The third-order valence-corrected chi connectivity index (χ3v) is 6.97. The summed E-state index contributed by atoms with van der Waals surface area (Å²) in [6.07, 6.45) is 5.30. The van der Waals surface area contributed by atoms with Gasteiger partial charge in [0.05, 0.1) is 7.11 Å². The van der Waals surface area contributed by atoms with E-state index in [-0.39, 0.29) is 17.2 Å². The molecule has 8 heteroatoms. The van der Waals surface area contributed by atoms with Gasteiger partial charge in [-0.15, -0.1) is 0 Å². The van der Waals surface area contributed by atoms with Gasteiger partial charge in [0, 0.05) is 50.2 Å². The number of fused-ring (bicyclic) bond motifs is 1. The standard InChI is InChI=1S/C29H30N4O4/c1-20(34)31-24-7-3-21(4-8-24)22-11-14-33-18-26(32-27(33)17-22)28(35)30-19-29(12-15-37-16-13-29)23-5-9-25(36-2)10-6-23/h3-11,14,17-18H,12-13,15-16,19H2,1-2H3,(H,30,35)(H,31,34). The Morgan fingerprint density at radius 2 is 1.76 bits per heavy atom. The number of carbonyl (C=O) groups excluding carboxylic acids is 2. The minimum absolute atomic E-state index is 0.107. The number of ether oxygens (including phenoxy) is 2. The number of nitrogens with one attached hydrogen (secondary N) is 2. The molecule has 2 aromatic carbocycles. The van der Waals surface area contributed by atoms with E-state index in [2.05, 4.69) is 27.8 Å². The second-order valence-electron chi connectivity index (χ2n) is 9.37. The average molecular weight is 499 g/mol. The molecule has 1 fully saturated rings. The number of benzene rings is 2. The maximum absolute atomic E-state index is 13.1. The molecule has 190 valence electrons. The highest BCUT2D eigenvalue weighted by Crippen LogP contribution is 2.35. The molecule has 0 bridgehead atoms. The Morgan fingerprint density at radius 3 is 2.43 bits per heavy atom. The van der Waals surface area contributed by atoms with Crippen LogP contribution in [0.4, 0.5) is 5.69 Å². The summed E-state index contributed by atoms with van der Waals surface area (Å²) in [6, 6.07) is 19.6. The zero-order chi connectivity index (χ0) is 25.8. The first-order valence-corrected chi connectivity index (χ1v) is 12.3. The summed E-state index contributed by atoms with van der Waals surface area (Å²) in [6.45, 7) is 3.30. The van der Waals surface area contributed by atoms with E-state index < -0.39 is 0 Å². The predicted molar refractivity (Wildman–Crippen MR) is 142 cm³/mol. The summed E-state index contributed by atoms with van der Waals surface area (Å²) < 4.78 is 12.8. The number of anilines is 1. The number of aromatic nitrogens is 2. The van der Waals surface area contributed by atoms with Crippen molar-refractivity contribution in [3.8, 4) is 16.9 Å². The van der Waals surface area contributed by atoms with E-state index >= 15 is 0 Å². The monoisotopic (exact) mass is 498 g/mol. The second kappa shape index (κ2) is 10.4. The van der Waals surface area contributed by atoms with Gasteiger partial charge in [-0.2, -0.15) is 0 Å². The summed E-state index contributed by atoms with van der Waals surface area (Å²) in [7, 11) is 1.65. The first-order valence-electron chi connectivity index (χ1n) is 12.3. The third kappa shape index (κ3) is 5.34. The van der Waals surface area contributed by atoms with E-state index in [1.54, 1.807) is 13.3 Å². The highest BCUT2D eigenvalue weighted by atomic mass is 16.5. The average Bonchev–Trinajstić information content (AvgIpc) is 3.36. The summed E-state index contributed by atoms with van der Waals surface area (Å²) in [5.74, 6) is 0.496. The van der Waals surface area contributed by atoms with Gasteiger partial charge in [0.15, 0.2) is 0 Å². The Hall–Kier alpha value is -4.17. The van der Waals surface area contributed by atoms with Crippen LogP contribution in [-0.4, -0.2) is 48.1 Å². The highest BCUT2D eigenvalue weighted by molar-refractivity contribution is 5.93. The predicted octanol–water partition coefficient (Wildman–Crippen LogP) is 4.45. The molecular weight excluding hydrogens is 468 g/mol. The molecule has 1 saturated heterocycles. The Labute approximate surface area is 215 Å². The minimum atomic E-state index is -0.204. The molecule has 1 aliphatic rings. The molecule has 0 spiro atoms. The first kappa shape index (κ1) is 24.5. The fraction of sp³-hybridized carbons (Fsp3) is 0.276. The number of methoxy groups -OCH3 is 1. The topological polar surface area (TPSA) is 94.0 Å². The van der Waals surface area contributed by atoms with Crippen molar-refractivity contribution in [1.82, 2.24) is 14.7 Å². The largest absolute Gasteiger partial charge is 0.497 e. The van der Waals surface area contributed by atoms with Gasteiger partial charge in [0.1, 0.15) is 17.1 Å². The molecule has 0 aliphatic carbocycles. The lowest BCUT2D eigenvalue weighted by Gasteiger charge is -2.38. The Balaban J connectivity index is 1.32. The van der Waals surface area contributed by atoms with Crippen molar-refractivity contribution in [1.29, 1.82) is 0 Å². The van der Waals surface area contributed by atoms with Crippen molar-refractivity contribution in [3.63, 3.8) is 0 Å². The molecular formula is C29H30N4O4. The lowest BCUT2D eigenvalue weighted by atomic mass is 9.74. The SMILES string of the molecule is COc1ccc(C2(CNC(=O)c3cn4ccc(-c5ccc(NC(C)=O)cc5)cc4n3)CCOCC2)cc1. The lowest BCUT2D eigenvalue weighted by molar-refractivity contribution is -0.114. The van der Waals surface area contributed by atoms with Crippen LogP contribution in [0.15, 0.2) is 73.1 Å². The molecule has 2 aromatic heterocycles. The number of nitrogens with zero attached hydrogens (tertiary/aromatic N) is 2. The molecule has 1 aliphatic heterocycles. The molecule has 0 radical (unpaired) electrons. The second-order valence-corrected chi connectivity index (χ2v) is 9.37. The van der Waals surface area contributed by atoms with E-state index in [4.69, 9.17) is 9.47 Å². The zero-order valence-electron chi connectivity index (χ0n) is 21.0. The van der Waals surface area contributed by atoms with Gasteiger partial charge in [-0.05, 0) is 65.9 Å². The fourth-order valence-electron chi connectivity index (χ4n) is 4.83. The Morgan fingerprint density at radius 1 is 1.03 bits per heavy atom. The number of pyridine rings is 1. The van der Waals surface area contributed by atoms with Gasteiger partial charge in [-0.1, -0.05) is 24.3 Å². The smallest absolute Gasteiger partial charge is 0.271 e. The van der Waals surface area contributed by atoms with Gasteiger partial charge in [-0.25, -0.2) is 4.98 Å². The molecule has 8 nitrogen and oxygen atoms in total. The number of amides is 2. The van der Waals surface area contributed by atoms with Crippen LogP contribution in [-0.2, 0) is 14.9 Å². The zero-order valence-corrected chi connectivity index (χ0v) is 21.0. The van der Waals surface area contributed by atoms with Crippen molar-refractivity contribution >= 4 is 23.1 Å². The van der Waals surface area contributed by atoms with Crippen molar-refractivity contribution in [2.24, 2.45) is 0 Å². The van der Waals surface area contributed by atoms with Crippen LogP contribution in [0.25, 0.3) is 16.8 Å². The van der Waals surface area contributed by atoms with Crippen molar-refractivity contribution < 1.29 is 19.1 Å². The molecule has 5 rings (SSSR count). The molecule has 3 heterocycles. The number of hydrogen-bond acceptors (Lipinski definition) is 5. The van der Waals surface area contributed by atoms with Crippen molar-refractivity contribution in [2.75, 3.05) is 32.2 Å². The molecule has 4 aromatic rings. The third-order valence-electron chi connectivity index (χ3n) is 6.97. The van der Waals surface area contributed by atoms with E-state index in [0.717, 1.165) is 35.4 Å². The highest BCUT2D eigenvalue weighted by Gasteiger charge is 2.35. The minimum Gasteiger partial charge on any atom is -0.497 e. The van der Waals surface area contributed by atoms with Gasteiger partial charge in [0.25, 0.3) is 5.91 Å². The molecule has 37 heavy (non-hydrogen) atoms. The summed E-state index contributed by atoms with van der Waals surface area (Å²) in [5.41, 5.74) is 4.73. The summed E-state index contributed by atoms with van der Waals surface area (Å²) in [4.78, 5) is 29.0. The quantitative estimate of drug-likeness (QED) is 0.393. The number of carbonyl (C=O) groups is 2. The Kier molecular flexibility index (Phi) is 6.92. The van der Waals surface area contributed by atoms with Crippen LogP contribution < -0.4 is 15.4 Å². The van der Waals surface area contributed by atoms with Crippen molar-refractivity contribution in [3.05, 3.63) is 84.3 Å². The number of imidazole rings is 1. The Bertz CT molecular complexity index is 1400.